The predicted octanol–water partition coefficient (Wildman–Crippen LogP) is 6.06. The second-order valence-electron chi connectivity index (χ2n) is 5.72. The van der Waals surface area contributed by atoms with Crippen molar-refractivity contribution in [2.75, 3.05) is 6.26 Å². The molecule has 1 rings (SSSR count). The van der Waals surface area contributed by atoms with E-state index in [9.17, 15) is 17.6 Å². The average Bonchev–Trinajstić information content (AvgIpc) is 2.50. The van der Waals surface area contributed by atoms with E-state index in [1.54, 1.807) is 0 Å². The first-order chi connectivity index (χ1) is 11.3. The molecular formula is C19H37FO4S. The van der Waals surface area contributed by atoms with Crippen molar-refractivity contribution in [1.82, 2.24) is 0 Å². The standard InChI is InChI=1S/C8H7FO4S.C5H12.3C2H6/c1-14(12,13)7-3-2-5(8(10)11)4-6(7)9;1-5(2,3)4;3*1-2/h2-4H,1H3,(H,10,11);1-4H3;3*1-2H3. The molecule has 1 aromatic rings. The maximum atomic E-state index is 13.1. The van der Waals surface area contributed by atoms with Crippen LogP contribution in [-0.4, -0.2) is 25.7 Å². The van der Waals surface area contributed by atoms with E-state index in [1.807, 2.05) is 41.5 Å². The third-order valence-electron chi connectivity index (χ3n) is 1.58. The zero-order valence-electron chi connectivity index (χ0n) is 17.7. The van der Waals surface area contributed by atoms with Crippen LogP contribution in [0.2, 0.25) is 0 Å². The number of halogens is 1. The summed E-state index contributed by atoms with van der Waals surface area (Å²) in [6, 6.07) is 2.66. The summed E-state index contributed by atoms with van der Waals surface area (Å²) in [5.41, 5.74) is 0.218. The Labute approximate surface area is 154 Å². The van der Waals surface area contributed by atoms with Crippen LogP contribution in [-0.2, 0) is 9.84 Å². The Balaban J connectivity index is -0.000000168. The van der Waals surface area contributed by atoms with Gasteiger partial charge in [-0.25, -0.2) is 17.6 Å². The number of sulfone groups is 1. The van der Waals surface area contributed by atoms with Crippen LogP contribution in [0.5, 0.6) is 0 Å². The van der Waals surface area contributed by atoms with E-state index < -0.39 is 26.5 Å². The largest absolute Gasteiger partial charge is 0.478 e. The van der Waals surface area contributed by atoms with Crippen molar-refractivity contribution in [1.29, 1.82) is 0 Å². The quantitative estimate of drug-likeness (QED) is 0.677. The van der Waals surface area contributed by atoms with Gasteiger partial charge in [-0.2, -0.15) is 0 Å². The first kappa shape index (κ1) is 31.4. The first-order valence-electron chi connectivity index (χ1n) is 8.55. The van der Waals surface area contributed by atoms with Crippen LogP contribution in [0, 0.1) is 11.2 Å². The second-order valence-corrected chi connectivity index (χ2v) is 7.71. The Bertz CT molecular complexity index is 553. The summed E-state index contributed by atoms with van der Waals surface area (Å²) < 4.78 is 35.0. The average molecular weight is 381 g/mol. The summed E-state index contributed by atoms with van der Waals surface area (Å²) in [6.07, 6.45) is 0.853. The van der Waals surface area contributed by atoms with Gasteiger partial charge >= 0.3 is 5.97 Å². The third kappa shape index (κ3) is 20.5. The van der Waals surface area contributed by atoms with Crippen molar-refractivity contribution in [2.24, 2.45) is 5.41 Å². The summed E-state index contributed by atoms with van der Waals surface area (Å²) in [5.74, 6) is -2.35. The van der Waals surface area contributed by atoms with Gasteiger partial charge in [0.2, 0.25) is 0 Å². The van der Waals surface area contributed by atoms with Crippen molar-refractivity contribution >= 4 is 15.8 Å². The molecule has 0 bridgehead atoms. The van der Waals surface area contributed by atoms with E-state index in [1.165, 1.54) is 0 Å². The summed E-state index contributed by atoms with van der Waals surface area (Å²) in [4.78, 5) is 9.90. The molecule has 0 fully saturated rings. The lowest BCUT2D eigenvalue weighted by atomic mass is 10.0. The Morgan fingerprint density at radius 1 is 0.960 bits per heavy atom. The highest BCUT2D eigenvalue weighted by atomic mass is 32.2. The van der Waals surface area contributed by atoms with Gasteiger partial charge in [0.15, 0.2) is 9.84 Å². The molecular weight excluding hydrogens is 343 g/mol. The monoisotopic (exact) mass is 380 g/mol. The first-order valence-corrected chi connectivity index (χ1v) is 10.4. The van der Waals surface area contributed by atoms with Crippen LogP contribution in [0.1, 0.15) is 79.6 Å². The van der Waals surface area contributed by atoms with Crippen LogP contribution in [0.4, 0.5) is 4.39 Å². The number of hydrogen-bond acceptors (Lipinski definition) is 3. The SMILES string of the molecule is CC.CC.CC.CC(C)(C)C.CS(=O)(=O)c1ccc(C(=O)O)cc1F. The normalized spacial score (nSPS) is 9.44. The molecule has 0 amide bonds. The molecule has 1 N–H and O–H groups in total. The number of carbonyl (C=O) groups is 1. The Morgan fingerprint density at radius 3 is 1.48 bits per heavy atom. The smallest absolute Gasteiger partial charge is 0.335 e. The molecule has 0 aliphatic carbocycles. The van der Waals surface area contributed by atoms with E-state index >= 15 is 0 Å². The third-order valence-corrected chi connectivity index (χ3v) is 2.71. The lowest BCUT2D eigenvalue weighted by Crippen LogP contribution is -2.03. The van der Waals surface area contributed by atoms with Crippen molar-refractivity contribution in [3.63, 3.8) is 0 Å². The molecule has 0 spiro atoms. The van der Waals surface area contributed by atoms with E-state index in [-0.39, 0.29) is 5.56 Å². The fraction of sp³-hybridized carbons (Fsp3) is 0.632. The van der Waals surface area contributed by atoms with Crippen molar-refractivity contribution in [3.8, 4) is 0 Å². The molecule has 0 heterocycles. The lowest BCUT2D eigenvalue weighted by molar-refractivity contribution is 0.0696. The van der Waals surface area contributed by atoms with E-state index in [0.717, 1.165) is 18.4 Å². The van der Waals surface area contributed by atoms with E-state index in [0.29, 0.717) is 11.5 Å². The molecule has 25 heavy (non-hydrogen) atoms. The van der Waals surface area contributed by atoms with Gasteiger partial charge in [-0.1, -0.05) is 69.2 Å². The molecule has 0 saturated carbocycles. The van der Waals surface area contributed by atoms with Gasteiger partial charge in [0.25, 0.3) is 0 Å². The molecule has 0 aromatic heterocycles. The van der Waals surface area contributed by atoms with Gasteiger partial charge in [0.05, 0.1) is 5.56 Å². The maximum absolute atomic E-state index is 13.1. The molecule has 0 aliphatic heterocycles. The minimum absolute atomic E-state index is 0.282. The van der Waals surface area contributed by atoms with Gasteiger partial charge in [-0.3, -0.25) is 0 Å². The number of hydrogen-bond donors (Lipinski definition) is 1. The van der Waals surface area contributed by atoms with Crippen LogP contribution in [0.3, 0.4) is 0 Å². The fourth-order valence-electron chi connectivity index (χ4n) is 0.935. The number of carboxylic acid groups (broad SMARTS) is 1. The Morgan fingerprint density at radius 2 is 1.28 bits per heavy atom. The maximum Gasteiger partial charge on any atom is 0.335 e. The second kappa shape index (κ2) is 16.1. The van der Waals surface area contributed by atoms with Crippen LogP contribution >= 0.6 is 0 Å². The molecule has 4 nitrogen and oxygen atoms in total. The summed E-state index contributed by atoms with van der Waals surface area (Å²) in [6.45, 7) is 20.8. The molecule has 1 aromatic carbocycles. The summed E-state index contributed by atoms with van der Waals surface area (Å²) in [7, 11) is -3.64. The zero-order chi connectivity index (χ0) is 21.4. The number of aromatic carboxylic acids is 1. The highest BCUT2D eigenvalue weighted by Crippen LogP contribution is 2.15. The zero-order valence-corrected chi connectivity index (χ0v) is 18.5. The summed E-state index contributed by atoms with van der Waals surface area (Å²) in [5, 5.41) is 8.49. The lowest BCUT2D eigenvalue weighted by Gasteiger charge is -2.05. The molecule has 0 saturated heterocycles. The minimum atomic E-state index is -3.64. The van der Waals surface area contributed by atoms with Gasteiger partial charge in [-0.15, -0.1) is 0 Å². The summed E-state index contributed by atoms with van der Waals surface area (Å²) >= 11 is 0. The van der Waals surface area contributed by atoms with Crippen molar-refractivity contribution < 1.29 is 22.7 Å². The van der Waals surface area contributed by atoms with Gasteiger partial charge < -0.3 is 5.11 Å². The van der Waals surface area contributed by atoms with Crippen LogP contribution < -0.4 is 0 Å². The molecule has 0 atom stereocenters. The van der Waals surface area contributed by atoms with Gasteiger partial charge in [-0.05, 0) is 23.6 Å². The molecule has 0 aliphatic rings. The van der Waals surface area contributed by atoms with Crippen molar-refractivity contribution in [2.45, 2.75) is 74.1 Å². The highest BCUT2D eigenvalue weighted by molar-refractivity contribution is 7.90. The van der Waals surface area contributed by atoms with Gasteiger partial charge in [0.1, 0.15) is 10.7 Å². The number of benzene rings is 1. The number of rotatable bonds is 2. The predicted molar refractivity (Wildman–Crippen MR) is 106 cm³/mol. The Kier molecular flexibility index (Phi) is 20.1. The topological polar surface area (TPSA) is 71.4 Å². The molecule has 6 heteroatoms. The highest BCUT2D eigenvalue weighted by Gasteiger charge is 2.15. The minimum Gasteiger partial charge on any atom is -0.478 e. The van der Waals surface area contributed by atoms with Gasteiger partial charge in [0, 0.05) is 6.26 Å². The van der Waals surface area contributed by atoms with E-state index in [4.69, 9.17) is 5.11 Å². The fourth-order valence-corrected chi connectivity index (χ4v) is 1.66. The van der Waals surface area contributed by atoms with Crippen molar-refractivity contribution in [3.05, 3.63) is 29.6 Å². The molecule has 150 valence electrons. The van der Waals surface area contributed by atoms with E-state index in [2.05, 4.69) is 27.7 Å². The Hall–Kier alpha value is -1.43. The molecule has 0 radical (unpaired) electrons. The van der Waals surface area contributed by atoms with Crippen LogP contribution in [0.15, 0.2) is 23.1 Å². The number of carboxylic acids is 1. The molecule has 0 unspecified atom stereocenters. The van der Waals surface area contributed by atoms with Crippen LogP contribution in [0.25, 0.3) is 0 Å².